The average Bonchev–Trinajstić information content (AvgIpc) is 2.57. The van der Waals surface area contributed by atoms with Crippen molar-refractivity contribution in [1.82, 2.24) is 9.97 Å². The lowest BCUT2D eigenvalue weighted by Crippen LogP contribution is -2.44. The molecule has 0 atom stereocenters. The first-order valence-electron chi connectivity index (χ1n) is 10.5. The molecule has 1 aromatic carbocycles. The average molecular weight is 462 g/mol. The van der Waals surface area contributed by atoms with E-state index < -0.39 is 23.4 Å². The van der Waals surface area contributed by atoms with Gasteiger partial charge in [-0.25, -0.2) is 14.6 Å². The van der Waals surface area contributed by atoms with Crippen molar-refractivity contribution >= 4 is 29.7 Å². The third-order valence-electron chi connectivity index (χ3n) is 4.22. The van der Waals surface area contributed by atoms with Gasteiger partial charge in [0.15, 0.2) is 0 Å². The fraction of sp³-hybridized carbons (Fsp3) is 0.500. The number of rotatable bonds is 3. The Kier molecular flexibility index (Phi) is 7.55. The van der Waals surface area contributed by atoms with E-state index in [9.17, 15) is 9.59 Å². The van der Waals surface area contributed by atoms with Crippen LogP contribution in [0.25, 0.3) is 11.3 Å². The Hall–Kier alpha value is -2.67. The van der Waals surface area contributed by atoms with Crippen LogP contribution in [0.5, 0.6) is 0 Å². The van der Waals surface area contributed by atoms with Crippen molar-refractivity contribution in [3.05, 3.63) is 40.5 Å². The number of hydrogen-bond acceptors (Lipinski definition) is 6. The lowest BCUT2D eigenvalue weighted by atomic mass is 9.92. The number of hydrogen-bond donors (Lipinski definition) is 0. The van der Waals surface area contributed by atoms with Crippen molar-refractivity contribution in [3.8, 4) is 11.3 Å². The summed E-state index contributed by atoms with van der Waals surface area (Å²) in [4.78, 5) is 35.3. The van der Waals surface area contributed by atoms with Gasteiger partial charge in [-0.15, -0.1) is 4.90 Å². The van der Waals surface area contributed by atoms with E-state index in [1.807, 2.05) is 25.1 Å². The van der Waals surface area contributed by atoms with Crippen LogP contribution in [-0.2, 0) is 9.47 Å². The molecule has 0 N–H and O–H groups in total. The number of imide groups is 1. The highest BCUT2D eigenvalue weighted by molar-refractivity contribution is 6.29. The predicted octanol–water partition coefficient (Wildman–Crippen LogP) is 6.91. The number of carbonyl (C=O) groups excluding carboxylic acids is 2. The maximum Gasteiger partial charge on any atom is 0.427 e. The molecule has 32 heavy (non-hydrogen) atoms. The Balaban J connectivity index is 2.67. The van der Waals surface area contributed by atoms with E-state index in [1.165, 1.54) is 0 Å². The number of ether oxygens (including phenoxy) is 2. The maximum atomic E-state index is 13.0. The van der Waals surface area contributed by atoms with Crippen LogP contribution in [0.3, 0.4) is 0 Å². The Morgan fingerprint density at radius 3 is 1.97 bits per heavy atom. The van der Waals surface area contributed by atoms with Crippen molar-refractivity contribution < 1.29 is 19.1 Å². The van der Waals surface area contributed by atoms with Crippen LogP contribution in [0.4, 0.5) is 15.5 Å². The van der Waals surface area contributed by atoms with Crippen LogP contribution in [-0.4, -0.2) is 33.4 Å². The van der Waals surface area contributed by atoms with E-state index in [-0.39, 0.29) is 17.0 Å². The second kappa shape index (κ2) is 9.45. The monoisotopic (exact) mass is 461 g/mol. The van der Waals surface area contributed by atoms with Crippen LogP contribution in [0.1, 0.15) is 72.4 Å². The van der Waals surface area contributed by atoms with Gasteiger partial charge in [-0.2, -0.15) is 4.98 Å². The van der Waals surface area contributed by atoms with Gasteiger partial charge in [0.1, 0.15) is 16.4 Å². The molecule has 2 aromatic rings. The molecule has 0 unspecified atom stereocenters. The van der Waals surface area contributed by atoms with Gasteiger partial charge in [0.2, 0.25) is 5.95 Å². The highest BCUT2D eigenvalue weighted by atomic mass is 35.5. The molecule has 8 heteroatoms. The quantitative estimate of drug-likeness (QED) is 0.462. The summed E-state index contributed by atoms with van der Waals surface area (Å²) < 4.78 is 10.8. The molecule has 7 nitrogen and oxygen atoms in total. The molecule has 0 aliphatic heterocycles. The highest BCUT2D eigenvalue weighted by Crippen LogP contribution is 2.33. The number of carbonyl (C=O) groups is 2. The van der Waals surface area contributed by atoms with Crippen molar-refractivity contribution in [3.63, 3.8) is 0 Å². The summed E-state index contributed by atoms with van der Waals surface area (Å²) in [6, 6.07) is 7.58. The molecule has 0 saturated carbocycles. The van der Waals surface area contributed by atoms with Crippen LogP contribution >= 0.6 is 11.6 Å². The van der Waals surface area contributed by atoms with E-state index in [0.29, 0.717) is 10.6 Å². The van der Waals surface area contributed by atoms with Gasteiger partial charge in [0.05, 0.1) is 5.69 Å². The Labute approximate surface area is 195 Å². The molecule has 174 valence electrons. The summed E-state index contributed by atoms with van der Waals surface area (Å²) in [5.41, 5.74) is 1.73. The summed E-state index contributed by atoms with van der Waals surface area (Å²) in [5.74, 6) is 0.00358. The Morgan fingerprint density at radius 2 is 1.50 bits per heavy atom. The van der Waals surface area contributed by atoms with Crippen LogP contribution < -0.4 is 4.90 Å². The van der Waals surface area contributed by atoms with Crippen molar-refractivity contribution in [2.45, 2.75) is 79.4 Å². The van der Waals surface area contributed by atoms with Gasteiger partial charge < -0.3 is 9.47 Å². The fourth-order valence-electron chi connectivity index (χ4n) is 3.01. The van der Waals surface area contributed by atoms with Crippen molar-refractivity contribution in [1.29, 1.82) is 0 Å². The molecular weight excluding hydrogens is 430 g/mol. The number of amides is 2. The largest absolute Gasteiger partial charge is 0.443 e. The minimum absolute atomic E-state index is 0.0834. The normalized spacial score (nSPS) is 12.0. The van der Waals surface area contributed by atoms with Gasteiger partial charge in [-0.1, -0.05) is 43.6 Å². The molecule has 0 bridgehead atoms. The lowest BCUT2D eigenvalue weighted by molar-refractivity contribution is 0.0427. The van der Waals surface area contributed by atoms with E-state index in [2.05, 4.69) is 23.8 Å². The molecule has 0 radical (unpaired) electrons. The van der Waals surface area contributed by atoms with Gasteiger partial charge in [0, 0.05) is 11.6 Å². The zero-order chi connectivity index (χ0) is 24.4. The lowest BCUT2D eigenvalue weighted by Gasteiger charge is -2.27. The van der Waals surface area contributed by atoms with Gasteiger partial charge in [0.25, 0.3) is 0 Å². The topological polar surface area (TPSA) is 81.6 Å². The van der Waals surface area contributed by atoms with Gasteiger partial charge in [-0.05, 0) is 65.5 Å². The van der Waals surface area contributed by atoms with E-state index in [1.54, 1.807) is 47.6 Å². The standard InChI is InChI=1S/C24H32ClN3O4/c1-14(2)16-12-10-11-15(3)19(16)17-13-18(25)27-20(26-17)28(21(29)31-23(4,5)6)22(30)32-24(7,8)9/h10-14H,1-9H3. The van der Waals surface area contributed by atoms with Crippen molar-refractivity contribution in [2.24, 2.45) is 0 Å². The first kappa shape index (κ1) is 25.6. The maximum absolute atomic E-state index is 13.0. The molecule has 2 amide bonds. The van der Waals surface area contributed by atoms with Crippen LogP contribution in [0, 0.1) is 6.92 Å². The predicted molar refractivity (Wildman–Crippen MR) is 126 cm³/mol. The van der Waals surface area contributed by atoms with Crippen molar-refractivity contribution in [2.75, 3.05) is 4.90 Å². The molecular formula is C24H32ClN3O4. The van der Waals surface area contributed by atoms with E-state index in [0.717, 1.165) is 16.7 Å². The fourth-order valence-corrected chi connectivity index (χ4v) is 3.19. The van der Waals surface area contributed by atoms with E-state index in [4.69, 9.17) is 21.1 Å². The second-order valence-electron chi connectivity index (χ2n) is 9.87. The molecule has 2 rings (SSSR count). The molecule has 1 aromatic heterocycles. The minimum atomic E-state index is -0.950. The number of aromatic nitrogens is 2. The zero-order valence-electron chi connectivity index (χ0n) is 20.2. The zero-order valence-corrected chi connectivity index (χ0v) is 21.0. The third-order valence-corrected chi connectivity index (χ3v) is 4.41. The van der Waals surface area contributed by atoms with E-state index >= 15 is 0 Å². The van der Waals surface area contributed by atoms with Gasteiger partial charge in [-0.3, -0.25) is 0 Å². The first-order valence-corrected chi connectivity index (χ1v) is 10.9. The summed E-state index contributed by atoms with van der Waals surface area (Å²) in [6.07, 6.45) is -1.90. The minimum Gasteiger partial charge on any atom is -0.443 e. The Morgan fingerprint density at radius 1 is 0.969 bits per heavy atom. The second-order valence-corrected chi connectivity index (χ2v) is 10.3. The van der Waals surface area contributed by atoms with Crippen LogP contribution in [0.15, 0.2) is 24.3 Å². The Bertz CT molecular complexity index is 979. The smallest absolute Gasteiger partial charge is 0.427 e. The molecule has 0 aliphatic rings. The SMILES string of the molecule is Cc1cccc(C(C)C)c1-c1cc(Cl)nc(N(C(=O)OC(C)(C)C)C(=O)OC(C)(C)C)n1. The highest BCUT2D eigenvalue weighted by Gasteiger charge is 2.35. The van der Waals surface area contributed by atoms with Gasteiger partial charge >= 0.3 is 12.2 Å². The number of halogens is 1. The summed E-state index contributed by atoms with van der Waals surface area (Å²) >= 11 is 6.32. The first-order chi connectivity index (χ1) is 14.6. The molecule has 0 aliphatic carbocycles. The summed E-state index contributed by atoms with van der Waals surface area (Å²) in [7, 11) is 0. The molecule has 1 heterocycles. The summed E-state index contributed by atoms with van der Waals surface area (Å²) in [6.45, 7) is 16.3. The van der Waals surface area contributed by atoms with Crippen LogP contribution in [0.2, 0.25) is 5.15 Å². The summed E-state index contributed by atoms with van der Waals surface area (Å²) in [5, 5.41) is 0.0834. The molecule has 0 saturated heterocycles. The third kappa shape index (κ3) is 6.66. The number of anilines is 1. The number of aryl methyl sites for hydroxylation is 1. The number of benzene rings is 1. The number of nitrogens with zero attached hydrogens (tertiary/aromatic N) is 3. The molecule has 0 fully saturated rings. The molecule has 0 spiro atoms.